The maximum absolute atomic E-state index is 12.1. The number of amides is 1. The van der Waals surface area contributed by atoms with Gasteiger partial charge in [0.1, 0.15) is 5.54 Å². The van der Waals surface area contributed by atoms with Crippen molar-refractivity contribution < 1.29 is 9.53 Å². The van der Waals surface area contributed by atoms with Gasteiger partial charge < -0.3 is 10.1 Å². The van der Waals surface area contributed by atoms with E-state index >= 15 is 0 Å². The average Bonchev–Trinajstić information content (AvgIpc) is 2.62. The predicted octanol–water partition coefficient (Wildman–Crippen LogP) is 0.657. The molecule has 5 heteroatoms. The Morgan fingerprint density at radius 1 is 1.53 bits per heavy atom. The minimum Gasteiger partial charge on any atom is -0.383 e. The Balaban J connectivity index is 2.05. The van der Waals surface area contributed by atoms with E-state index < -0.39 is 5.54 Å². The van der Waals surface area contributed by atoms with Crippen LogP contribution in [0.3, 0.4) is 0 Å². The first-order valence-electron chi connectivity index (χ1n) is 6.32. The molecular weight excluding hydrogens is 218 g/mol. The molecule has 2 rings (SSSR count). The summed E-state index contributed by atoms with van der Waals surface area (Å²) in [5, 5.41) is 6.15. The van der Waals surface area contributed by atoms with Gasteiger partial charge >= 0.3 is 0 Å². The zero-order valence-corrected chi connectivity index (χ0v) is 10.6. The lowest BCUT2D eigenvalue weighted by atomic mass is 9.74. The molecule has 5 nitrogen and oxygen atoms in total. The number of ether oxygens (including phenoxy) is 1. The van der Waals surface area contributed by atoms with Crippen LogP contribution >= 0.6 is 0 Å². The van der Waals surface area contributed by atoms with Crippen LogP contribution in [0.15, 0.2) is 4.99 Å². The summed E-state index contributed by atoms with van der Waals surface area (Å²) in [5.41, 5.74) is -0.413. The molecule has 0 bridgehead atoms. The van der Waals surface area contributed by atoms with Crippen LogP contribution in [-0.2, 0) is 9.53 Å². The lowest BCUT2D eigenvalue weighted by Crippen LogP contribution is -2.53. The molecule has 0 aromatic heterocycles. The Hall–Kier alpha value is -1.10. The van der Waals surface area contributed by atoms with E-state index in [1.807, 2.05) is 0 Å². The van der Waals surface area contributed by atoms with Crippen LogP contribution in [-0.4, -0.2) is 37.7 Å². The number of nitrogens with one attached hydrogen (secondary N) is 2. The number of hydrogen-bond acceptors (Lipinski definition) is 3. The van der Waals surface area contributed by atoms with Crippen LogP contribution in [0.5, 0.6) is 0 Å². The molecule has 1 aliphatic heterocycles. The highest BCUT2D eigenvalue weighted by atomic mass is 16.5. The highest BCUT2D eigenvalue weighted by Crippen LogP contribution is 2.35. The van der Waals surface area contributed by atoms with Gasteiger partial charge in [0, 0.05) is 7.11 Å². The minimum absolute atomic E-state index is 0.0841. The maximum atomic E-state index is 12.1. The molecule has 2 unspecified atom stereocenters. The summed E-state index contributed by atoms with van der Waals surface area (Å²) in [6, 6.07) is 0. The van der Waals surface area contributed by atoms with Crippen molar-refractivity contribution in [2.45, 2.75) is 38.1 Å². The molecule has 2 N–H and O–H groups in total. The largest absolute Gasteiger partial charge is 0.383 e. The van der Waals surface area contributed by atoms with E-state index in [0.29, 0.717) is 25.0 Å². The first-order valence-corrected chi connectivity index (χ1v) is 6.32. The Labute approximate surface area is 102 Å². The summed E-state index contributed by atoms with van der Waals surface area (Å²) in [7, 11) is 1.64. The molecule has 1 saturated heterocycles. The quantitative estimate of drug-likeness (QED) is 0.711. The fourth-order valence-corrected chi connectivity index (χ4v) is 2.72. The third kappa shape index (κ3) is 2.29. The Morgan fingerprint density at radius 2 is 2.35 bits per heavy atom. The lowest BCUT2D eigenvalue weighted by molar-refractivity contribution is -0.126. The van der Waals surface area contributed by atoms with Crippen LogP contribution in [0.4, 0.5) is 0 Å². The van der Waals surface area contributed by atoms with E-state index in [-0.39, 0.29) is 5.91 Å². The number of aliphatic imine (C=N–C) groups is 1. The molecule has 1 saturated carbocycles. The van der Waals surface area contributed by atoms with Crippen LogP contribution in [0, 0.1) is 5.92 Å². The minimum atomic E-state index is -0.413. The highest BCUT2D eigenvalue weighted by molar-refractivity contribution is 6.09. The van der Waals surface area contributed by atoms with Gasteiger partial charge in [-0.1, -0.05) is 19.8 Å². The molecule has 0 radical (unpaired) electrons. The number of nitrogens with zero attached hydrogens (tertiary/aromatic N) is 1. The summed E-state index contributed by atoms with van der Waals surface area (Å²) in [6.45, 7) is 3.29. The van der Waals surface area contributed by atoms with Crippen molar-refractivity contribution >= 4 is 11.9 Å². The van der Waals surface area contributed by atoms with Gasteiger partial charge in [-0.25, -0.2) is 0 Å². The topological polar surface area (TPSA) is 62.7 Å². The van der Waals surface area contributed by atoms with Crippen LogP contribution in [0.1, 0.15) is 32.6 Å². The van der Waals surface area contributed by atoms with E-state index in [2.05, 4.69) is 22.5 Å². The molecule has 2 aliphatic rings. The van der Waals surface area contributed by atoms with Gasteiger partial charge in [-0.3, -0.25) is 15.1 Å². The van der Waals surface area contributed by atoms with Crippen molar-refractivity contribution in [2.24, 2.45) is 10.9 Å². The Kier molecular flexibility index (Phi) is 3.66. The number of rotatable bonds is 3. The van der Waals surface area contributed by atoms with Crippen LogP contribution < -0.4 is 10.6 Å². The summed E-state index contributed by atoms with van der Waals surface area (Å²) >= 11 is 0. The summed E-state index contributed by atoms with van der Waals surface area (Å²) in [5.74, 6) is 1.06. The maximum Gasteiger partial charge on any atom is 0.252 e. The summed E-state index contributed by atoms with van der Waals surface area (Å²) in [4.78, 5) is 16.4. The van der Waals surface area contributed by atoms with Crippen molar-refractivity contribution in [1.29, 1.82) is 0 Å². The number of carbonyl (C=O) groups is 1. The Bertz CT molecular complexity index is 330. The number of hydrogen-bond donors (Lipinski definition) is 2. The molecule has 0 aromatic carbocycles. The monoisotopic (exact) mass is 239 g/mol. The smallest absolute Gasteiger partial charge is 0.252 e. The van der Waals surface area contributed by atoms with E-state index in [4.69, 9.17) is 4.74 Å². The second-order valence-corrected chi connectivity index (χ2v) is 4.92. The predicted molar refractivity (Wildman–Crippen MR) is 65.8 cm³/mol. The van der Waals surface area contributed by atoms with Crippen molar-refractivity contribution in [1.82, 2.24) is 10.6 Å². The molecule has 1 spiro atoms. The number of carbonyl (C=O) groups excluding carboxylic acids is 1. The first kappa shape index (κ1) is 12.4. The van der Waals surface area contributed by atoms with E-state index in [9.17, 15) is 4.79 Å². The van der Waals surface area contributed by atoms with Gasteiger partial charge in [-0.15, -0.1) is 0 Å². The molecule has 0 aromatic rings. The SMILES string of the molecule is COCCN=C1NC(=O)C2(CCCCC2C)N1. The lowest BCUT2D eigenvalue weighted by Gasteiger charge is -2.36. The fourth-order valence-electron chi connectivity index (χ4n) is 2.72. The summed E-state index contributed by atoms with van der Waals surface area (Å²) in [6.07, 6.45) is 4.33. The third-order valence-corrected chi connectivity index (χ3v) is 3.84. The van der Waals surface area contributed by atoms with Crippen LogP contribution in [0.2, 0.25) is 0 Å². The zero-order valence-electron chi connectivity index (χ0n) is 10.6. The van der Waals surface area contributed by atoms with Gasteiger partial charge in [-0.05, 0) is 18.8 Å². The van der Waals surface area contributed by atoms with Crippen molar-refractivity contribution in [3.63, 3.8) is 0 Å². The van der Waals surface area contributed by atoms with Gasteiger partial charge in [0.15, 0.2) is 5.96 Å². The van der Waals surface area contributed by atoms with Crippen molar-refractivity contribution in [2.75, 3.05) is 20.3 Å². The van der Waals surface area contributed by atoms with Gasteiger partial charge in [0.25, 0.3) is 5.91 Å². The molecule has 2 atom stereocenters. The van der Waals surface area contributed by atoms with Gasteiger partial charge in [0.05, 0.1) is 13.2 Å². The second kappa shape index (κ2) is 5.04. The molecule has 1 heterocycles. The molecular formula is C12H21N3O2. The van der Waals surface area contributed by atoms with E-state index in [0.717, 1.165) is 19.3 Å². The van der Waals surface area contributed by atoms with Gasteiger partial charge in [0.2, 0.25) is 0 Å². The first-order chi connectivity index (χ1) is 8.19. The molecule has 96 valence electrons. The second-order valence-electron chi connectivity index (χ2n) is 4.92. The third-order valence-electron chi connectivity index (χ3n) is 3.84. The molecule has 2 fully saturated rings. The number of methoxy groups -OCH3 is 1. The molecule has 1 amide bonds. The fraction of sp³-hybridized carbons (Fsp3) is 0.833. The Morgan fingerprint density at radius 3 is 3.06 bits per heavy atom. The molecule has 1 aliphatic carbocycles. The van der Waals surface area contributed by atoms with E-state index in [1.54, 1.807) is 7.11 Å². The van der Waals surface area contributed by atoms with Crippen LogP contribution in [0.25, 0.3) is 0 Å². The number of guanidine groups is 1. The van der Waals surface area contributed by atoms with Crippen molar-refractivity contribution in [3.8, 4) is 0 Å². The average molecular weight is 239 g/mol. The normalized spacial score (nSPS) is 35.1. The standard InChI is InChI=1S/C12H21N3O2/c1-9-5-3-4-6-12(9)10(16)14-11(15-12)13-7-8-17-2/h9H,3-8H2,1-2H3,(H2,13,14,15,16). The zero-order chi connectivity index (χ0) is 12.3. The van der Waals surface area contributed by atoms with Gasteiger partial charge in [-0.2, -0.15) is 0 Å². The van der Waals surface area contributed by atoms with Crippen molar-refractivity contribution in [3.05, 3.63) is 0 Å². The molecule has 17 heavy (non-hydrogen) atoms. The highest BCUT2D eigenvalue weighted by Gasteiger charge is 2.49. The summed E-state index contributed by atoms with van der Waals surface area (Å²) < 4.78 is 4.94. The van der Waals surface area contributed by atoms with E-state index in [1.165, 1.54) is 6.42 Å².